The highest BCUT2D eigenvalue weighted by atomic mass is 16.5. The zero-order chi connectivity index (χ0) is 24.7. The summed E-state index contributed by atoms with van der Waals surface area (Å²) in [5.41, 5.74) is 0.974. The van der Waals surface area contributed by atoms with Crippen molar-refractivity contribution < 1.29 is 14.3 Å². The van der Waals surface area contributed by atoms with E-state index in [4.69, 9.17) is 9.47 Å². The third-order valence-corrected chi connectivity index (χ3v) is 7.27. The molecule has 2 aromatic rings. The van der Waals surface area contributed by atoms with Crippen LogP contribution in [0.5, 0.6) is 5.75 Å². The summed E-state index contributed by atoms with van der Waals surface area (Å²) in [6.07, 6.45) is 6.29. The van der Waals surface area contributed by atoms with Crippen molar-refractivity contribution in [1.29, 1.82) is 0 Å². The zero-order valence-electron chi connectivity index (χ0n) is 21.1. The van der Waals surface area contributed by atoms with Crippen LogP contribution in [-0.2, 0) is 9.53 Å². The first-order valence-electron chi connectivity index (χ1n) is 13.0. The number of piperazine rings is 2. The van der Waals surface area contributed by atoms with Gasteiger partial charge in [0.25, 0.3) is 0 Å². The van der Waals surface area contributed by atoms with Crippen LogP contribution in [-0.4, -0.2) is 105 Å². The Hall–Kier alpha value is -3.17. The average molecular weight is 493 g/mol. The number of aromatic nitrogens is 2. The van der Waals surface area contributed by atoms with Gasteiger partial charge in [-0.25, -0.2) is 0 Å². The first-order chi connectivity index (χ1) is 17.7. The minimum Gasteiger partial charge on any atom is -0.497 e. The summed E-state index contributed by atoms with van der Waals surface area (Å²) < 4.78 is 11.0. The van der Waals surface area contributed by atoms with Crippen molar-refractivity contribution >= 4 is 23.6 Å². The molecule has 9 heteroatoms. The Labute approximate surface area is 213 Å². The fourth-order valence-corrected chi connectivity index (χ4v) is 5.04. The number of methoxy groups -OCH3 is 1. The molecule has 1 aromatic carbocycles. The standard InChI is InChI=1S/C27H36N6O3/c1-35-23-7-4-22(5-8-23)6-11-27(34)33-18-16-32(17-19-33)26-10-9-25(28-29-26)31-14-12-30(13-15-31)21-24-3-2-20-36-24/h4-11,24H,2-3,12-21H2,1H3/b11-6+. The molecule has 1 unspecified atom stereocenters. The van der Waals surface area contributed by atoms with Crippen LogP contribution in [0.15, 0.2) is 42.5 Å². The van der Waals surface area contributed by atoms with Crippen molar-refractivity contribution in [3.05, 3.63) is 48.0 Å². The number of carbonyl (C=O) groups excluding carboxylic acids is 1. The number of carbonyl (C=O) groups is 1. The molecule has 9 nitrogen and oxygen atoms in total. The monoisotopic (exact) mass is 492 g/mol. The molecular weight excluding hydrogens is 456 g/mol. The lowest BCUT2D eigenvalue weighted by Crippen LogP contribution is -2.49. The normalized spacial score (nSPS) is 21.4. The second kappa shape index (κ2) is 11.7. The number of nitrogens with zero attached hydrogens (tertiary/aromatic N) is 6. The summed E-state index contributed by atoms with van der Waals surface area (Å²) in [6.45, 7) is 8.79. The summed E-state index contributed by atoms with van der Waals surface area (Å²) in [5.74, 6) is 2.65. The average Bonchev–Trinajstić information content (AvgIpc) is 3.46. The van der Waals surface area contributed by atoms with E-state index in [1.165, 1.54) is 12.8 Å². The van der Waals surface area contributed by atoms with E-state index in [0.29, 0.717) is 19.2 Å². The molecule has 3 aliphatic rings. The van der Waals surface area contributed by atoms with Crippen LogP contribution in [0.2, 0.25) is 0 Å². The van der Waals surface area contributed by atoms with Crippen LogP contribution < -0.4 is 14.5 Å². The summed E-state index contributed by atoms with van der Waals surface area (Å²) in [6, 6.07) is 11.8. The van der Waals surface area contributed by atoms with E-state index < -0.39 is 0 Å². The summed E-state index contributed by atoms with van der Waals surface area (Å²) >= 11 is 0. The molecule has 0 aliphatic carbocycles. The van der Waals surface area contributed by atoms with Crippen molar-refractivity contribution in [3.63, 3.8) is 0 Å². The molecule has 1 aromatic heterocycles. The molecule has 192 valence electrons. The molecule has 36 heavy (non-hydrogen) atoms. The smallest absolute Gasteiger partial charge is 0.246 e. The maximum Gasteiger partial charge on any atom is 0.246 e. The second-order valence-electron chi connectivity index (χ2n) is 9.59. The Morgan fingerprint density at radius 1 is 0.944 bits per heavy atom. The van der Waals surface area contributed by atoms with Crippen LogP contribution in [0, 0.1) is 0 Å². The SMILES string of the molecule is COc1ccc(/C=C/C(=O)N2CCN(c3ccc(N4CCN(CC5CCCO5)CC4)nn3)CC2)cc1. The first-order valence-corrected chi connectivity index (χ1v) is 13.0. The second-order valence-corrected chi connectivity index (χ2v) is 9.59. The number of hydrogen-bond acceptors (Lipinski definition) is 8. The summed E-state index contributed by atoms with van der Waals surface area (Å²) in [4.78, 5) is 21.5. The van der Waals surface area contributed by atoms with Crippen molar-refractivity contribution in [3.8, 4) is 5.75 Å². The molecule has 3 fully saturated rings. The molecule has 0 N–H and O–H groups in total. The van der Waals surface area contributed by atoms with E-state index in [1.54, 1.807) is 13.2 Å². The number of anilines is 2. The van der Waals surface area contributed by atoms with Gasteiger partial charge >= 0.3 is 0 Å². The van der Waals surface area contributed by atoms with Gasteiger partial charge in [-0.2, -0.15) is 0 Å². The Bertz CT molecular complexity index is 1010. The van der Waals surface area contributed by atoms with E-state index in [9.17, 15) is 4.79 Å². The van der Waals surface area contributed by atoms with Gasteiger partial charge in [0, 0.05) is 71.6 Å². The van der Waals surface area contributed by atoms with Crippen molar-refractivity contribution in [2.24, 2.45) is 0 Å². The third-order valence-electron chi connectivity index (χ3n) is 7.27. The summed E-state index contributed by atoms with van der Waals surface area (Å²) in [7, 11) is 1.64. The predicted molar refractivity (Wildman–Crippen MR) is 140 cm³/mol. The minimum atomic E-state index is 0.0329. The molecule has 3 saturated heterocycles. The van der Waals surface area contributed by atoms with E-state index in [0.717, 1.165) is 75.4 Å². The molecule has 3 aliphatic heterocycles. The predicted octanol–water partition coefficient (Wildman–Crippen LogP) is 2.15. The first kappa shape index (κ1) is 24.5. The van der Waals surface area contributed by atoms with E-state index in [-0.39, 0.29) is 5.91 Å². The highest BCUT2D eigenvalue weighted by molar-refractivity contribution is 5.92. The van der Waals surface area contributed by atoms with Gasteiger partial charge in [-0.05, 0) is 48.7 Å². The van der Waals surface area contributed by atoms with Gasteiger partial charge in [0.15, 0.2) is 11.6 Å². The molecule has 5 rings (SSSR count). The number of amides is 1. The van der Waals surface area contributed by atoms with Crippen LogP contribution in [0.1, 0.15) is 18.4 Å². The molecule has 1 atom stereocenters. The number of hydrogen-bond donors (Lipinski definition) is 0. The third kappa shape index (κ3) is 6.14. The highest BCUT2D eigenvalue weighted by Gasteiger charge is 2.24. The topological polar surface area (TPSA) is 74.3 Å². The van der Waals surface area contributed by atoms with Crippen molar-refractivity contribution in [2.45, 2.75) is 18.9 Å². The molecule has 4 heterocycles. The minimum absolute atomic E-state index is 0.0329. The van der Waals surface area contributed by atoms with Crippen molar-refractivity contribution in [2.75, 3.05) is 82.4 Å². The lowest BCUT2D eigenvalue weighted by molar-refractivity contribution is -0.126. The van der Waals surface area contributed by atoms with Crippen LogP contribution >= 0.6 is 0 Å². The Morgan fingerprint density at radius 3 is 2.14 bits per heavy atom. The van der Waals surface area contributed by atoms with Crippen LogP contribution in [0.4, 0.5) is 11.6 Å². The maximum atomic E-state index is 12.6. The molecule has 1 amide bonds. The Morgan fingerprint density at radius 2 is 1.58 bits per heavy atom. The Balaban J connectivity index is 1.07. The van der Waals surface area contributed by atoms with E-state index in [2.05, 4.69) is 37.0 Å². The summed E-state index contributed by atoms with van der Waals surface area (Å²) in [5, 5.41) is 9.04. The number of ether oxygens (including phenoxy) is 2. The fraction of sp³-hybridized carbons (Fsp3) is 0.519. The maximum absolute atomic E-state index is 12.6. The van der Waals surface area contributed by atoms with Gasteiger partial charge in [-0.3, -0.25) is 9.69 Å². The largest absolute Gasteiger partial charge is 0.497 e. The molecular formula is C27H36N6O3. The quantitative estimate of drug-likeness (QED) is 0.545. The zero-order valence-corrected chi connectivity index (χ0v) is 21.1. The molecule has 0 radical (unpaired) electrons. The van der Waals surface area contributed by atoms with Gasteiger partial charge in [-0.15, -0.1) is 10.2 Å². The highest BCUT2D eigenvalue weighted by Crippen LogP contribution is 2.20. The molecule has 0 spiro atoms. The van der Waals surface area contributed by atoms with Gasteiger partial charge in [0.2, 0.25) is 5.91 Å². The number of benzene rings is 1. The van der Waals surface area contributed by atoms with Crippen molar-refractivity contribution in [1.82, 2.24) is 20.0 Å². The Kier molecular flexibility index (Phi) is 7.98. The lowest BCUT2D eigenvalue weighted by atomic mass is 10.2. The van der Waals surface area contributed by atoms with Gasteiger partial charge in [-0.1, -0.05) is 12.1 Å². The molecule has 0 saturated carbocycles. The van der Waals surface area contributed by atoms with Gasteiger partial charge in [0.1, 0.15) is 5.75 Å². The number of rotatable bonds is 7. The molecule has 0 bridgehead atoms. The van der Waals surface area contributed by atoms with E-state index in [1.807, 2.05) is 35.2 Å². The lowest BCUT2D eigenvalue weighted by Gasteiger charge is -2.36. The van der Waals surface area contributed by atoms with Gasteiger partial charge < -0.3 is 24.2 Å². The van der Waals surface area contributed by atoms with E-state index >= 15 is 0 Å². The van der Waals surface area contributed by atoms with Gasteiger partial charge in [0.05, 0.1) is 13.2 Å². The fourth-order valence-electron chi connectivity index (χ4n) is 5.04. The van der Waals surface area contributed by atoms with Crippen LogP contribution in [0.25, 0.3) is 6.08 Å². The van der Waals surface area contributed by atoms with Crippen LogP contribution in [0.3, 0.4) is 0 Å².